The number of rotatable bonds is 5. The summed E-state index contributed by atoms with van der Waals surface area (Å²) in [5, 5.41) is 12.9. The number of hydrogen-bond donors (Lipinski definition) is 0. The first-order valence-electron chi connectivity index (χ1n) is 8.50. The zero-order valence-corrected chi connectivity index (χ0v) is 13.7. The zero-order chi connectivity index (χ0) is 17.2. The van der Waals surface area contributed by atoms with Gasteiger partial charge in [0, 0.05) is 12.5 Å². The third kappa shape index (κ3) is 3.33. The standard InChI is InChI=1S/C18H18N4O3/c19-10-12-3-7-14(8-4-12)24-11-16(23)22-9-1-2-15(22)17-20-18(25-21-17)13-5-6-13/h3-4,7-8,13,15H,1-2,5-6,9,11H2. The molecule has 1 saturated carbocycles. The van der Waals surface area contributed by atoms with Gasteiger partial charge in [0.2, 0.25) is 5.89 Å². The Bertz CT molecular complexity index is 804. The molecule has 0 N–H and O–H groups in total. The molecule has 0 bridgehead atoms. The van der Waals surface area contributed by atoms with Crippen LogP contribution >= 0.6 is 0 Å². The average Bonchev–Trinajstić information content (AvgIpc) is 3.18. The predicted octanol–water partition coefficient (Wildman–Crippen LogP) is 2.56. The number of aromatic nitrogens is 2. The topological polar surface area (TPSA) is 92.2 Å². The molecule has 1 saturated heterocycles. The Morgan fingerprint density at radius 3 is 2.84 bits per heavy atom. The van der Waals surface area contributed by atoms with E-state index in [2.05, 4.69) is 10.1 Å². The molecule has 0 spiro atoms. The molecule has 1 aromatic carbocycles. The molecule has 0 radical (unpaired) electrons. The van der Waals surface area contributed by atoms with Crippen LogP contribution in [0.1, 0.15) is 54.9 Å². The van der Waals surface area contributed by atoms with Crippen molar-refractivity contribution in [2.24, 2.45) is 0 Å². The Morgan fingerprint density at radius 1 is 1.32 bits per heavy atom. The number of carbonyl (C=O) groups excluding carboxylic acids is 1. The van der Waals surface area contributed by atoms with Gasteiger partial charge >= 0.3 is 0 Å². The molecular formula is C18H18N4O3. The number of benzene rings is 1. The molecule has 2 heterocycles. The van der Waals surface area contributed by atoms with Crippen molar-refractivity contribution in [1.82, 2.24) is 15.0 Å². The molecule has 1 aliphatic carbocycles. The van der Waals surface area contributed by atoms with Crippen LogP contribution in [0.3, 0.4) is 0 Å². The maximum absolute atomic E-state index is 12.5. The molecule has 2 aliphatic rings. The number of amides is 1. The lowest BCUT2D eigenvalue weighted by atomic mass is 10.2. The van der Waals surface area contributed by atoms with Crippen molar-refractivity contribution in [1.29, 1.82) is 5.26 Å². The Balaban J connectivity index is 1.38. The highest BCUT2D eigenvalue weighted by Gasteiger charge is 2.36. The minimum absolute atomic E-state index is 0.0459. The third-order valence-electron chi connectivity index (χ3n) is 4.60. The quantitative estimate of drug-likeness (QED) is 0.832. The number of nitriles is 1. The molecule has 25 heavy (non-hydrogen) atoms. The number of hydrogen-bond acceptors (Lipinski definition) is 6. The summed E-state index contributed by atoms with van der Waals surface area (Å²) in [6, 6.07) is 8.62. The second kappa shape index (κ2) is 6.55. The van der Waals surface area contributed by atoms with E-state index in [0.717, 1.165) is 25.7 Å². The van der Waals surface area contributed by atoms with E-state index < -0.39 is 0 Å². The van der Waals surface area contributed by atoms with E-state index in [-0.39, 0.29) is 18.6 Å². The minimum Gasteiger partial charge on any atom is -0.484 e. The van der Waals surface area contributed by atoms with Crippen LogP contribution in [0.15, 0.2) is 28.8 Å². The second-order valence-corrected chi connectivity index (χ2v) is 6.44. The van der Waals surface area contributed by atoms with E-state index in [0.29, 0.717) is 35.5 Å². The van der Waals surface area contributed by atoms with E-state index in [9.17, 15) is 4.79 Å². The lowest BCUT2D eigenvalue weighted by Crippen LogP contribution is -2.34. The second-order valence-electron chi connectivity index (χ2n) is 6.44. The first-order valence-corrected chi connectivity index (χ1v) is 8.50. The van der Waals surface area contributed by atoms with E-state index in [1.807, 2.05) is 6.07 Å². The molecule has 4 rings (SSSR count). The van der Waals surface area contributed by atoms with Gasteiger partial charge in [-0.3, -0.25) is 4.79 Å². The summed E-state index contributed by atoms with van der Waals surface area (Å²) in [5.74, 6) is 2.18. The van der Waals surface area contributed by atoms with Crippen LogP contribution in [0.4, 0.5) is 0 Å². The lowest BCUT2D eigenvalue weighted by Gasteiger charge is -2.22. The van der Waals surface area contributed by atoms with Crippen molar-refractivity contribution in [3.05, 3.63) is 41.5 Å². The normalized spacial score (nSPS) is 19.6. The Kier molecular flexibility index (Phi) is 4.10. The fraction of sp³-hybridized carbons (Fsp3) is 0.444. The van der Waals surface area contributed by atoms with Crippen LogP contribution < -0.4 is 4.74 Å². The molecule has 2 fully saturated rings. The highest BCUT2D eigenvalue weighted by atomic mass is 16.5. The largest absolute Gasteiger partial charge is 0.484 e. The maximum Gasteiger partial charge on any atom is 0.261 e. The lowest BCUT2D eigenvalue weighted by molar-refractivity contribution is -0.134. The highest BCUT2D eigenvalue weighted by Crippen LogP contribution is 2.40. The van der Waals surface area contributed by atoms with Gasteiger partial charge in [-0.15, -0.1) is 0 Å². The smallest absolute Gasteiger partial charge is 0.261 e. The van der Waals surface area contributed by atoms with Crippen molar-refractivity contribution in [3.8, 4) is 11.8 Å². The van der Waals surface area contributed by atoms with Crippen LogP contribution in [0.25, 0.3) is 0 Å². The first-order chi connectivity index (χ1) is 12.2. The van der Waals surface area contributed by atoms with Gasteiger partial charge in [0.25, 0.3) is 5.91 Å². The van der Waals surface area contributed by atoms with Gasteiger partial charge in [-0.1, -0.05) is 5.16 Å². The highest BCUT2D eigenvalue weighted by molar-refractivity contribution is 5.78. The van der Waals surface area contributed by atoms with E-state index in [4.69, 9.17) is 14.5 Å². The molecule has 128 valence electrons. The minimum atomic E-state index is -0.131. The van der Waals surface area contributed by atoms with Gasteiger partial charge in [-0.05, 0) is 49.9 Å². The monoisotopic (exact) mass is 338 g/mol. The van der Waals surface area contributed by atoms with Crippen LogP contribution in [0.5, 0.6) is 5.75 Å². The van der Waals surface area contributed by atoms with Gasteiger partial charge in [0.15, 0.2) is 12.4 Å². The van der Waals surface area contributed by atoms with Gasteiger partial charge < -0.3 is 14.2 Å². The SMILES string of the molecule is N#Cc1ccc(OCC(=O)N2CCCC2c2noc(C3CC3)n2)cc1. The average molecular weight is 338 g/mol. The summed E-state index contributed by atoms with van der Waals surface area (Å²) in [7, 11) is 0. The van der Waals surface area contributed by atoms with Crippen molar-refractivity contribution < 1.29 is 14.1 Å². The van der Waals surface area contributed by atoms with Gasteiger partial charge in [0.05, 0.1) is 17.7 Å². The summed E-state index contributed by atoms with van der Waals surface area (Å²) in [6.45, 7) is 0.628. The summed E-state index contributed by atoms with van der Waals surface area (Å²) in [5.41, 5.74) is 0.557. The van der Waals surface area contributed by atoms with Gasteiger partial charge in [0.1, 0.15) is 5.75 Å². The van der Waals surface area contributed by atoms with Crippen molar-refractivity contribution in [2.75, 3.05) is 13.2 Å². The molecule has 1 amide bonds. The summed E-state index contributed by atoms with van der Waals surface area (Å²) < 4.78 is 10.9. The van der Waals surface area contributed by atoms with E-state index in [1.54, 1.807) is 29.2 Å². The molecule has 7 nitrogen and oxygen atoms in total. The predicted molar refractivity (Wildman–Crippen MR) is 86.6 cm³/mol. The van der Waals surface area contributed by atoms with Crippen LogP contribution in [-0.2, 0) is 4.79 Å². The molecule has 7 heteroatoms. The number of likely N-dealkylation sites (tertiary alicyclic amines) is 1. The van der Waals surface area contributed by atoms with Gasteiger partial charge in [-0.25, -0.2) is 0 Å². The molecule has 1 atom stereocenters. The molecular weight excluding hydrogens is 320 g/mol. The Morgan fingerprint density at radius 2 is 2.12 bits per heavy atom. The number of nitrogens with zero attached hydrogens (tertiary/aromatic N) is 4. The van der Waals surface area contributed by atoms with Crippen molar-refractivity contribution >= 4 is 5.91 Å². The number of ether oxygens (including phenoxy) is 1. The summed E-state index contributed by atoms with van der Waals surface area (Å²) >= 11 is 0. The van der Waals surface area contributed by atoms with Gasteiger partial charge in [-0.2, -0.15) is 10.2 Å². The first kappa shape index (κ1) is 15.6. The van der Waals surface area contributed by atoms with E-state index >= 15 is 0 Å². The number of carbonyl (C=O) groups is 1. The van der Waals surface area contributed by atoms with E-state index in [1.165, 1.54) is 0 Å². The van der Waals surface area contributed by atoms with Crippen LogP contribution in [-0.4, -0.2) is 34.1 Å². The third-order valence-corrected chi connectivity index (χ3v) is 4.60. The zero-order valence-electron chi connectivity index (χ0n) is 13.7. The fourth-order valence-corrected chi connectivity index (χ4v) is 3.07. The van der Waals surface area contributed by atoms with Crippen molar-refractivity contribution in [3.63, 3.8) is 0 Å². The fourth-order valence-electron chi connectivity index (χ4n) is 3.07. The Hall–Kier alpha value is -2.88. The molecule has 2 aromatic rings. The summed E-state index contributed by atoms with van der Waals surface area (Å²) in [4.78, 5) is 18.8. The molecule has 1 aromatic heterocycles. The van der Waals surface area contributed by atoms with Crippen LogP contribution in [0, 0.1) is 11.3 Å². The maximum atomic E-state index is 12.5. The van der Waals surface area contributed by atoms with Crippen LogP contribution in [0.2, 0.25) is 0 Å². The summed E-state index contributed by atoms with van der Waals surface area (Å²) in [6.07, 6.45) is 3.97. The van der Waals surface area contributed by atoms with Crippen molar-refractivity contribution in [2.45, 2.75) is 37.6 Å². The molecule has 1 unspecified atom stereocenters. The Labute approximate surface area is 145 Å². The molecule has 1 aliphatic heterocycles.